The number of nitrogens with two attached hydrogens (primary N) is 1. The van der Waals surface area contributed by atoms with Crippen LogP contribution in [-0.2, 0) is 0 Å². The van der Waals surface area contributed by atoms with Crippen molar-refractivity contribution < 1.29 is 0 Å². The molecule has 0 fully saturated rings. The van der Waals surface area contributed by atoms with Gasteiger partial charge in [0.15, 0.2) is 0 Å². The van der Waals surface area contributed by atoms with Gasteiger partial charge in [0.05, 0.1) is 22.6 Å². The van der Waals surface area contributed by atoms with Crippen molar-refractivity contribution in [3.63, 3.8) is 0 Å². The summed E-state index contributed by atoms with van der Waals surface area (Å²) in [5.41, 5.74) is 7.89. The van der Waals surface area contributed by atoms with Gasteiger partial charge in [-0.15, -0.1) is 0 Å². The van der Waals surface area contributed by atoms with Gasteiger partial charge in [0.2, 0.25) is 0 Å². The zero-order valence-corrected chi connectivity index (χ0v) is 8.07. The summed E-state index contributed by atoms with van der Waals surface area (Å²) in [6, 6.07) is 5.45. The van der Waals surface area contributed by atoms with Gasteiger partial charge in [-0.25, -0.2) is 0 Å². The number of hydrogen-bond donors (Lipinski definition) is 1. The van der Waals surface area contributed by atoms with Crippen LogP contribution >= 0.6 is 11.6 Å². The maximum atomic E-state index is 5.89. The fraction of sp³-hybridized carbons (Fsp3) is 0. The standard InChI is InChI=1S/C10H8ClN3/c11-8-3-1-2-7(10(8)12)9-6-13-4-5-14-9/h1-6H,12H2. The molecule has 0 atom stereocenters. The van der Waals surface area contributed by atoms with Gasteiger partial charge in [-0.05, 0) is 6.07 Å². The average Bonchev–Trinajstić information content (AvgIpc) is 2.23. The van der Waals surface area contributed by atoms with Gasteiger partial charge in [-0.2, -0.15) is 0 Å². The average molecular weight is 206 g/mol. The van der Waals surface area contributed by atoms with E-state index in [0.29, 0.717) is 10.7 Å². The molecule has 0 spiro atoms. The third kappa shape index (κ3) is 1.54. The molecule has 2 N–H and O–H groups in total. The summed E-state index contributed by atoms with van der Waals surface area (Å²) >= 11 is 5.89. The van der Waals surface area contributed by atoms with E-state index in [1.54, 1.807) is 24.7 Å². The molecule has 0 aliphatic carbocycles. The lowest BCUT2D eigenvalue weighted by Gasteiger charge is -2.05. The van der Waals surface area contributed by atoms with E-state index in [0.717, 1.165) is 11.3 Å². The van der Waals surface area contributed by atoms with Gasteiger partial charge >= 0.3 is 0 Å². The minimum atomic E-state index is 0.535. The number of nitrogen functional groups attached to an aromatic ring is 1. The molecule has 0 amide bonds. The molecule has 1 heterocycles. The van der Waals surface area contributed by atoms with E-state index >= 15 is 0 Å². The summed E-state index contributed by atoms with van der Waals surface area (Å²) in [4.78, 5) is 8.12. The van der Waals surface area contributed by atoms with E-state index in [2.05, 4.69) is 9.97 Å². The Bertz CT molecular complexity index is 442. The predicted octanol–water partition coefficient (Wildman–Crippen LogP) is 2.38. The number of para-hydroxylation sites is 1. The van der Waals surface area contributed by atoms with Crippen LogP contribution in [0.15, 0.2) is 36.8 Å². The van der Waals surface area contributed by atoms with Crippen LogP contribution in [0.1, 0.15) is 0 Å². The lowest BCUT2D eigenvalue weighted by atomic mass is 10.1. The van der Waals surface area contributed by atoms with Gasteiger partial charge < -0.3 is 5.73 Å². The lowest BCUT2D eigenvalue weighted by molar-refractivity contribution is 1.21. The number of aromatic nitrogens is 2. The van der Waals surface area contributed by atoms with Crippen molar-refractivity contribution in [1.29, 1.82) is 0 Å². The predicted molar refractivity (Wildman–Crippen MR) is 56.9 cm³/mol. The molecule has 2 rings (SSSR count). The number of benzene rings is 1. The van der Waals surface area contributed by atoms with Crippen molar-refractivity contribution in [2.45, 2.75) is 0 Å². The monoisotopic (exact) mass is 205 g/mol. The van der Waals surface area contributed by atoms with Crippen molar-refractivity contribution in [2.24, 2.45) is 0 Å². The summed E-state index contributed by atoms with van der Waals surface area (Å²) in [7, 11) is 0. The minimum Gasteiger partial charge on any atom is -0.397 e. The minimum absolute atomic E-state index is 0.535. The Morgan fingerprint density at radius 1 is 1.21 bits per heavy atom. The van der Waals surface area contributed by atoms with Crippen LogP contribution in [0.4, 0.5) is 5.69 Å². The first kappa shape index (κ1) is 8.97. The molecule has 0 saturated heterocycles. The molecule has 70 valence electrons. The van der Waals surface area contributed by atoms with Crippen molar-refractivity contribution >= 4 is 17.3 Å². The van der Waals surface area contributed by atoms with Crippen molar-refractivity contribution in [3.8, 4) is 11.3 Å². The highest BCUT2D eigenvalue weighted by molar-refractivity contribution is 6.33. The molecule has 0 aliphatic heterocycles. The molecule has 0 saturated carbocycles. The molecule has 1 aromatic carbocycles. The van der Waals surface area contributed by atoms with Crippen LogP contribution in [0.5, 0.6) is 0 Å². The zero-order valence-electron chi connectivity index (χ0n) is 7.31. The van der Waals surface area contributed by atoms with Crippen LogP contribution < -0.4 is 5.73 Å². The number of hydrogen-bond acceptors (Lipinski definition) is 3. The van der Waals surface area contributed by atoms with Gasteiger partial charge in [0, 0.05) is 18.0 Å². The molecule has 1 aromatic heterocycles. The molecule has 3 nitrogen and oxygen atoms in total. The summed E-state index contributed by atoms with van der Waals surface area (Å²) in [6.45, 7) is 0. The maximum Gasteiger partial charge on any atom is 0.0906 e. The van der Waals surface area contributed by atoms with Gasteiger partial charge in [-0.3, -0.25) is 9.97 Å². The molecule has 0 aliphatic rings. The summed E-state index contributed by atoms with van der Waals surface area (Å²) in [6.07, 6.45) is 4.89. The normalized spacial score (nSPS) is 10.1. The molecule has 0 radical (unpaired) electrons. The first-order valence-electron chi connectivity index (χ1n) is 4.09. The van der Waals surface area contributed by atoms with Crippen LogP contribution in [0.25, 0.3) is 11.3 Å². The van der Waals surface area contributed by atoms with E-state index in [1.807, 2.05) is 12.1 Å². The van der Waals surface area contributed by atoms with Gasteiger partial charge in [0.25, 0.3) is 0 Å². The fourth-order valence-corrected chi connectivity index (χ4v) is 1.37. The molecule has 0 bridgehead atoms. The number of rotatable bonds is 1. The van der Waals surface area contributed by atoms with Crippen molar-refractivity contribution in [1.82, 2.24) is 9.97 Å². The summed E-state index contributed by atoms with van der Waals surface area (Å²) in [5.74, 6) is 0. The SMILES string of the molecule is Nc1c(Cl)cccc1-c1cnccn1. The largest absolute Gasteiger partial charge is 0.397 e. The van der Waals surface area contributed by atoms with E-state index in [4.69, 9.17) is 17.3 Å². The lowest BCUT2D eigenvalue weighted by Crippen LogP contribution is -1.92. The van der Waals surface area contributed by atoms with Gasteiger partial charge in [0.1, 0.15) is 0 Å². The highest BCUT2D eigenvalue weighted by atomic mass is 35.5. The van der Waals surface area contributed by atoms with Crippen LogP contribution in [0.3, 0.4) is 0 Å². The van der Waals surface area contributed by atoms with Crippen LogP contribution in [0.2, 0.25) is 5.02 Å². The topological polar surface area (TPSA) is 51.8 Å². The molecule has 4 heteroatoms. The molecular weight excluding hydrogens is 198 g/mol. The Morgan fingerprint density at radius 2 is 2.07 bits per heavy atom. The Kier molecular flexibility index (Phi) is 2.33. The molecular formula is C10H8ClN3. The smallest absolute Gasteiger partial charge is 0.0906 e. The molecule has 0 unspecified atom stereocenters. The van der Waals surface area contributed by atoms with Crippen molar-refractivity contribution in [3.05, 3.63) is 41.8 Å². The summed E-state index contributed by atoms with van der Waals surface area (Å²) in [5, 5.41) is 0.535. The fourth-order valence-electron chi connectivity index (χ4n) is 1.20. The second-order valence-corrected chi connectivity index (χ2v) is 3.20. The Morgan fingerprint density at radius 3 is 2.79 bits per heavy atom. The number of anilines is 1. The third-order valence-corrected chi connectivity index (χ3v) is 2.22. The van der Waals surface area contributed by atoms with Gasteiger partial charge in [-0.1, -0.05) is 23.7 Å². The zero-order chi connectivity index (χ0) is 9.97. The van der Waals surface area contributed by atoms with E-state index in [-0.39, 0.29) is 0 Å². The maximum absolute atomic E-state index is 5.89. The van der Waals surface area contributed by atoms with E-state index in [1.165, 1.54) is 0 Å². The Hall–Kier alpha value is -1.61. The van der Waals surface area contributed by atoms with Crippen molar-refractivity contribution in [2.75, 3.05) is 5.73 Å². The highest BCUT2D eigenvalue weighted by Crippen LogP contribution is 2.29. The molecule has 2 aromatic rings. The summed E-state index contributed by atoms with van der Waals surface area (Å²) < 4.78 is 0. The first-order valence-corrected chi connectivity index (χ1v) is 4.47. The van der Waals surface area contributed by atoms with E-state index < -0.39 is 0 Å². The number of halogens is 1. The highest BCUT2D eigenvalue weighted by Gasteiger charge is 2.05. The Labute approximate surface area is 86.6 Å². The van der Waals surface area contributed by atoms with Crippen LogP contribution in [-0.4, -0.2) is 9.97 Å². The Balaban J connectivity index is 2.58. The third-order valence-electron chi connectivity index (χ3n) is 1.89. The molecule has 14 heavy (non-hydrogen) atoms. The second kappa shape index (κ2) is 3.64. The number of nitrogens with zero attached hydrogens (tertiary/aromatic N) is 2. The van der Waals surface area contributed by atoms with E-state index in [9.17, 15) is 0 Å². The van der Waals surface area contributed by atoms with Crippen LogP contribution in [0, 0.1) is 0 Å². The quantitative estimate of drug-likeness (QED) is 0.728. The second-order valence-electron chi connectivity index (χ2n) is 2.79. The first-order chi connectivity index (χ1) is 6.79.